The van der Waals surface area contributed by atoms with Crippen molar-refractivity contribution in [3.8, 4) is 0 Å². The minimum Gasteiger partial charge on any atom is -0.258 e. The van der Waals surface area contributed by atoms with E-state index in [1.165, 1.54) is 6.07 Å². The molecule has 90 valence electrons. The number of halogens is 2. The predicted octanol–water partition coefficient (Wildman–Crippen LogP) is 3.07. The second-order valence-electron chi connectivity index (χ2n) is 2.67. The Balaban J connectivity index is 0.000000583. The van der Waals surface area contributed by atoms with Gasteiger partial charge in [0.1, 0.15) is 5.52 Å². The van der Waals surface area contributed by atoms with E-state index in [0.29, 0.717) is 5.52 Å². The number of nitrogens with zero attached hydrogens (tertiary/aromatic N) is 2. The molecule has 2 rings (SSSR count). The summed E-state index contributed by atoms with van der Waals surface area (Å²) in [4.78, 5) is 14.1. The molecule has 0 spiro atoms. The van der Waals surface area contributed by atoms with Crippen molar-refractivity contribution >= 4 is 57.4 Å². The number of nitro groups is 1. The summed E-state index contributed by atoms with van der Waals surface area (Å²) in [5.74, 6) is 0. The van der Waals surface area contributed by atoms with E-state index in [1.807, 2.05) is 0 Å². The second-order valence-corrected chi connectivity index (χ2v) is 3.13. The fourth-order valence-electron chi connectivity index (χ4n) is 1.24. The van der Waals surface area contributed by atoms with Crippen molar-refractivity contribution in [3.05, 3.63) is 46.6 Å². The normalized spacial score (nSPS) is 8.82. The van der Waals surface area contributed by atoms with Crippen LogP contribution in [-0.4, -0.2) is 27.0 Å². The summed E-state index contributed by atoms with van der Waals surface area (Å²) in [6.07, 6.45) is 1.55. The first-order valence-corrected chi connectivity index (χ1v) is 4.70. The number of non-ortho nitro benzene ring substituents is 1. The number of fused-ring (bicyclic) bond motifs is 1. The number of benzene rings is 1. The van der Waals surface area contributed by atoms with Crippen molar-refractivity contribution in [1.29, 1.82) is 0 Å². The molecule has 2 aromatic rings. The first-order chi connectivity index (χ1) is 7.70. The Bertz CT molecular complexity index is 493. The van der Waals surface area contributed by atoms with Crippen LogP contribution in [0.1, 0.15) is 0 Å². The zero-order chi connectivity index (χ0) is 12.0. The Morgan fingerprint density at radius 1 is 1.24 bits per heavy atom. The zero-order valence-corrected chi connectivity index (χ0v) is 11.5. The van der Waals surface area contributed by atoms with E-state index in [2.05, 4.69) is 32.6 Å². The number of pyridine rings is 1. The van der Waals surface area contributed by atoms with E-state index in [0.717, 1.165) is 5.39 Å². The molecule has 0 aliphatic carbocycles. The number of aromatic nitrogens is 1. The molecule has 0 saturated heterocycles. The molecule has 1 aromatic heterocycles. The minimum absolute atomic E-state index is 0. The third kappa shape index (κ3) is 4.46. The van der Waals surface area contributed by atoms with Gasteiger partial charge in [-0.15, -0.1) is 0 Å². The van der Waals surface area contributed by atoms with Crippen molar-refractivity contribution in [1.82, 2.24) is 4.98 Å². The van der Waals surface area contributed by atoms with E-state index in [1.54, 1.807) is 30.5 Å². The predicted molar refractivity (Wildman–Crippen MR) is 66.9 cm³/mol. The summed E-state index contributed by atoms with van der Waals surface area (Å²) in [5, 5.41) is 11.4. The van der Waals surface area contributed by atoms with Gasteiger partial charge in [0, 0.05) is 34.7 Å². The molecule has 0 aliphatic rings. The Labute approximate surface area is 118 Å². The summed E-state index contributed by atoms with van der Waals surface area (Å²) >= 11 is 8.53. The third-order valence-corrected chi connectivity index (χ3v) is 1.81. The van der Waals surface area contributed by atoms with Gasteiger partial charge in [-0.05, 0) is 6.07 Å². The molecule has 0 atom stereocenters. The van der Waals surface area contributed by atoms with Gasteiger partial charge in [0.25, 0.3) is 5.69 Å². The molecule has 1 aromatic carbocycles. The van der Waals surface area contributed by atoms with Crippen LogP contribution in [0.2, 0.25) is 0 Å². The van der Waals surface area contributed by atoms with E-state index < -0.39 is 4.92 Å². The van der Waals surface area contributed by atoms with Gasteiger partial charge in [0.15, 0.2) is 0 Å². The molecule has 8 heteroatoms. The molecule has 0 N–H and O–H groups in total. The van der Waals surface area contributed by atoms with E-state index in [4.69, 9.17) is 0 Å². The van der Waals surface area contributed by atoms with Crippen LogP contribution in [0.25, 0.3) is 10.9 Å². The number of rotatable bonds is 1. The molecular weight excluding hydrogens is 334 g/mol. The van der Waals surface area contributed by atoms with Crippen molar-refractivity contribution in [3.63, 3.8) is 0 Å². The second kappa shape index (κ2) is 8.22. The van der Waals surface area contributed by atoms with E-state index in [-0.39, 0.29) is 22.8 Å². The van der Waals surface area contributed by atoms with Crippen molar-refractivity contribution in [2.75, 3.05) is 0 Å². The number of hydrogen-bond acceptors (Lipinski definition) is 4. The molecule has 0 amide bonds. The maximum Gasteiger partial charge on any atom is 0.295 e. The van der Waals surface area contributed by atoms with Gasteiger partial charge in [0.2, 0.25) is 0 Å². The Kier molecular flexibility index (Phi) is 7.78. The van der Waals surface area contributed by atoms with Crippen LogP contribution in [0.3, 0.4) is 0 Å². The molecule has 0 aliphatic heterocycles. The Hall–Kier alpha value is -0.911. The average molecular weight is 340 g/mol. The fraction of sp³-hybridized carbons (Fsp3) is 0. The fourth-order valence-corrected chi connectivity index (χ4v) is 1.24. The molecule has 0 saturated carbocycles. The molecule has 2 radical (unpaired) electrons. The van der Waals surface area contributed by atoms with Crippen molar-refractivity contribution in [2.24, 2.45) is 0 Å². The van der Waals surface area contributed by atoms with Crippen LogP contribution in [0.5, 0.6) is 0 Å². The minimum atomic E-state index is -0.421. The first kappa shape index (κ1) is 16.1. The quantitative estimate of drug-likeness (QED) is 0.455. The van der Waals surface area contributed by atoms with Crippen molar-refractivity contribution in [2.45, 2.75) is 0 Å². The Morgan fingerprint density at radius 2 is 1.82 bits per heavy atom. The van der Waals surface area contributed by atoms with E-state index >= 15 is 0 Å². The molecule has 17 heavy (non-hydrogen) atoms. The van der Waals surface area contributed by atoms with Gasteiger partial charge in [-0.3, -0.25) is 10.1 Å². The Morgan fingerprint density at radius 3 is 2.41 bits per heavy atom. The molecule has 1 heterocycles. The molecule has 5 nitrogen and oxygen atoms in total. The van der Waals surface area contributed by atoms with Crippen LogP contribution in [0.15, 0.2) is 36.5 Å². The summed E-state index contributed by atoms with van der Waals surface area (Å²) < 4.78 is 3.19. The van der Waals surface area contributed by atoms with Crippen LogP contribution >= 0.6 is 23.7 Å². The SMILES string of the molecule is ClOCl.O=[N+]([O-])c1cccc2cccnc12.[Se]. The largest absolute Gasteiger partial charge is 0.295 e. The van der Waals surface area contributed by atoms with Crippen LogP contribution < -0.4 is 0 Å². The topological polar surface area (TPSA) is 65.3 Å². The number of hydrogen-bond donors (Lipinski definition) is 0. The first-order valence-electron chi connectivity index (χ1n) is 4.08. The summed E-state index contributed by atoms with van der Waals surface area (Å²) in [6, 6.07) is 8.47. The third-order valence-electron chi connectivity index (χ3n) is 1.81. The van der Waals surface area contributed by atoms with E-state index in [9.17, 15) is 10.1 Å². The maximum absolute atomic E-state index is 10.6. The summed E-state index contributed by atoms with van der Waals surface area (Å²) in [7, 11) is 0. The van der Waals surface area contributed by atoms with Gasteiger partial charge in [0.05, 0.1) is 28.7 Å². The molecule has 0 bridgehead atoms. The van der Waals surface area contributed by atoms with Gasteiger partial charge >= 0.3 is 0 Å². The van der Waals surface area contributed by atoms with Crippen LogP contribution in [0, 0.1) is 10.1 Å². The number of para-hydroxylation sites is 1. The smallest absolute Gasteiger partial charge is 0.258 e. The zero-order valence-electron chi connectivity index (χ0n) is 8.25. The standard InChI is InChI=1S/C9H6N2O2.Cl2O.Se/c12-11(13)8-5-1-3-7-4-2-6-10-9(7)8;1-3-2;/h1-6H;;. The molecular formula is C9H6Cl2N2O3Se. The van der Waals surface area contributed by atoms with Gasteiger partial charge in [-0.1, -0.05) is 18.2 Å². The van der Waals surface area contributed by atoms with Gasteiger partial charge in [-0.25, -0.2) is 4.98 Å². The van der Waals surface area contributed by atoms with Crippen LogP contribution in [0.4, 0.5) is 5.69 Å². The van der Waals surface area contributed by atoms with Crippen molar-refractivity contribution < 1.29 is 8.77 Å². The molecule has 0 unspecified atom stereocenters. The number of nitro benzene ring substituents is 1. The maximum atomic E-state index is 10.6. The summed E-state index contributed by atoms with van der Waals surface area (Å²) in [6.45, 7) is 0. The van der Waals surface area contributed by atoms with Crippen LogP contribution in [-0.2, 0) is 3.84 Å². The summed E-state index contributed by atoms with van der Waals surface area (Å²) in [5.41, 5.74) is 0.494. The molecule has 0 fully saturated rings. The van der Waals surface area contributed by atoms with Gasteiger partial charge in [-0.2, -0.15) is 3.84 Å². The average Bonchev–Trinajstić information content (AvgIpc) is 2.29. The van der Waals surface area contributed by atoms with Gasteiger partial charge < -0.3 is 0 Å². The monoisotopic (exact) mass is 340 g/mol.